The van der Waals surface area contributed by atoms with Crippen molar-refractivity contribution < 1.29 is 9.32 Å². The summed E-state index contributed by atoms with van der Waals surface area (Å²) in [7, 11) is 0. The van der Waals surface area contributed by atoms with Crippen LogP contribution in [-0.2, 0) is 0 Å². The third-order valence-electron chi connectivity index (χ3n) is 4.61. The largest absolute Gasteiger partial charge is 0.360 e. The highest BCUT2D eigenvalue weighted by molar-refractivity contribution is 8.00. The molecule has 0 saturated heterocycles. The van der Waals surface area contributed by atoms with Crippen molar-refractivity contribution in [3.63, 3.8) is 0 Å². The number of anilines is 1. The fourth-order valence-corrected chi connectivity index (χ4v) is 4.36. The van der Waals surface area contributed by atoms with Crippen molar-refractivity contribution in [1.82, 2.24) is 5.16 Å². The smallest absolute Gasteiger partial charge is 0.264 e. The van der Waals surface area contributed by atoms with Gasteiger partial charge in [-0.2, -0.15) is 0 Å². The zero-order valence-electron chi connectivity index (χ0n) is 14.8. The maximum atomic E-state index is 13.5. The highest BCUT2D eigenvalue weighted by Crippen LogP contribution is 2.38. The number of carbonyl (C=O) groups excluding carboxylic acids is 1. The molecular formula is C21H20N2O2S. The van der Waals surface area contributed by atoms with Crippen LogP contribution in [0.4, 0.5) is 5.69 Å². The topological polar surface area (TPSA) is 46.3 Å². The Morgan fingerprint density at radius 1 is 1.15 bits per heavy atom. The number of amides is 1. The molecule has 0 saturated carbocycles. The number of aryl methyl sites for hydroxylation is 1. The molecule has 3 aromatic rings. The van der Waals surface area contributed by atoms with E-state index in [1.54, 1.807) is 6.92 Å². The summed E-state index contributed by atoms with van der Waals surface area (Å²) in [5, 5.41) is 4.63. The van der Waals surface area contributed by atoms with Gasteiger partial charge in [-0.05, 0) is 25.5 Å². The average molecular weight is 364 g/mol. The predicted molar refractivity (Wildman–Crippen MR) is 105 cm³/mol. The summed E-state index contributed by atoms with van der Waals surface area (Å²) in [5.74, 6) is 0.501. The Kier molecular flexibility index (Phi) is 4.55. The standard InChI is InChI=1S/C21H20N2O2S/c1-14-12-13-23(17-10-6-7-11-18(17)26-14)21(24)19-15(2)25-22-20(19)16-8-4-3-5-9-16/h3-11,14H,12-13H2,1-2H3/t14-/m0/s1. The number of nitrogens with zero attached hydrogens (tertiary/aromatic N) is 2. The lowest BCUT2D eigenvalue weighted by molar-refractivity contribution is 0.0985. The third kappa shape index (κ3) is 3.03. The third-order valence-corrected chi connectivity index (χ3v) is 5.85. The fraction of sp³-hybridized carbons (Fsp3) is 0.238. The summed E-state index contributed by atoms with van der Waals surface area (Å²) in [6, 6.07) is 17.8. The van der Waals surface area contributed by atoms with Crippen LogP contribution in [0.2, 0.25) is 0 Å². The minimum atomic E-state index is -0.0512. The van der Waals surface area contributed by atoms with Gasteiger partial charge in [0, 0.05) is 22.3 Å². The van der Waals surface area contributed by atoms with Crippen molar-refractivity contribution in [1.29, 1.82) is 0 Å². The summed E-state index contributed by atoms with van der Waals surface area (Å²) in [5.41, 5.74) is 3.01. The van der Waals surface area contributed by atoms with Crippen LogP contribution in [0.15, 0.2) is 64.0 Å². The second kappa shape index (κ2) is 7.00. The van der Waals surface area contributed by atoms with Gasteiger partial charge in [-0.3, -0.25) is 4.79 Å². The van der Waals surface area contributed by atoms with E-state index in [1.807, 2.05) is 65.2 Å². The maximum absolute atomic E-state index is 13.5. The first-order valence-electron chi connectivity index (χ1n) is 8.74. The van der Waals surface area contributed by atoms with Gasteiger partial charge in [-0.25, -0.2) is 0 Å². The molecule has 2 heterocycles. The Morgan fingerprint density at radius 2 is 1.88 bits per heavy atom. The molecule has 2 aromatic carbocycles. The van der Waals surface area contributed by atoms with E-state index >= 15 is 0 Å². The lowest BCUT2D eigenvalue weighted by Crippen LogP contribution is -2.32. The Labute approximate surface area is 157 Å². The zero-order chi connectivity index (χ0) is 18.1. The van der Waals surface area contributed by atoms with Crippen molar-refractivity contribution in [2.75, 3.05) is 11.4 Å². The van der Waals surface area contributed by atoms with Gasteiger partial charge in [0.15, 0.2) is 0 Å². The van der Waals surface area contributed by atoms with Gasteiger partial charge in [0.05, 0.1) is 5.69 Å². The molecule has 5 heteroatoms. The van der Waals surface area contributed by atoms with Crippen LogP contribution in [-0.4, -0.2) is 22.9 Å². The fourth-order valence-electron chi connectivity index (χ4n) is 3.25. The summed E-state index contributed by atoms with van der Waals surface area (Å²) < 4.78 is 5.40. The van der Waals surface area contributed by atoms with Gasteiger partial charge in [0.1, 0.15) is 17.0 Å². The quantitative estimate of drug-likeness (QED) is 0.628. The highest BCUT2D eigenvalue weighted by atomic mass is 32.2. The van der Waals surface area contributed by atoms with Crippen molar-refractivity contribution >= 4 is 23.4 Å². The van der Waals surface area contributed by atoms with Crippen LogP contribution in [0.5, 0.6) is 0 Å². The van der Waals surface area contributed by atoms with E-state index < -0.39 is 0 Å². The Morgan fingerprint density at radius 3 is 2.69 bits per heavy atom. The molecule has 1 aliphatic heterocycles. The molecule has 4 nitrogen and oxygen atoms in total. The first-order chi connectivity index (χ1) is 12.6. The molecule has 0 spiro atoms. The summed E-state index contributed by atoms with van der Waals surface area (Å²) >= 11 is 1.82. The van der Waals surface area contributed by atoms with Gasteiger partial charge in [-0.1, -0.05) is 54.5 Å². The molecule has 0 bridgehead atoms. The molecule has 0 radical (unpaired) electrons. The van der Waals surface area contributed by atoms with Crippen LogP contribution >= 0.6 is 11.8 Å². The molecule has 1 amide bonds. The van der Waals surface area contributed by atoms with Crippen molar-refractivity contribution in [3.05, 3.63) is 65.9 Å². The number of hydrogen-bond donors (Lipinski definition) is 0. The molecule has 0 unspecified atom stereocenters. The minimum Gasteiger partial charge on any atom is -0.360 e. The molecule has 26 heavy (non-hydrogen) atoms. The lowest BCUT2D eigenvalue weighted by atomic mass is 10.0. The first-order valence-corrected chi connectivity index (χ1v) is 9.62. The van der Waals surface area contributed by atoms with Gasteiger partial charge >= 0.3 is 0 Å². The van der Waals surface area contributed by atoms with Crippen LogP contribution in [0.1, 0.15) is 29.5 Å². The molecule has 0 N–H and O–H groups in total. The minimum absolute atomic E-state index is 0.0512. The van der Waals surface area contributed by atoms with Gasteiger partial charge < -0.3 is 9.42 Å². The van der Waals surface area contributed by atoms with E-state index in [9.17, 15) is 4.79 Å². The molecule has 1 atom stereocenters. The molecule has 132 valence electrons. The summed E-state index contributed by atoms with van der Waals surface area (Å²) in [4.78, 5) is 16.5. The van der Waals surface area contributed by atoms with Crippen molar-refractivity contribution in [2.24, 2.45) is 0 Å². The number of para-hydroxylation sites is 1. The first kappa shape index (κ1) is 16.9. The molecule has 1 aliphatic rings. The summed E-state index contributed by atoms with van der Waals surface area (Å²) in [6.07, 6.45) is 0.941. The van der Waals surface area contributed by atoms with Crippen molar-refractivity contribution in [3.8, 4) is 11.3 Å². The average Bonchev–Trinajstić information content (AvgIpc) is 2.96. The molecule has 0 fully saturated rings. The predicted octanol–water partition coefficient (Wildman–Crippen LogP) is 5.18. The molecule has 1 aromatic heterocycles. The Bertz CT molecular complexity index is 936. The SMILES string of the molecule is Cc1onc(-c2ccccc2)c1C(=O)N1CC[C@H](C)Sc2ccccc21. The zero-order valence-corrected chi connectivity index (χ0v) is 15.6. The number of benzene rings is 2. The Hall–Kier alpha value is -2.53. The number of fused-ring (bicyclic) bond motifs is 1. The number of rotatable bonds is 2. The number of hydrogen-bond acceptors (Lipinski definition) is 4. The summed E-state index contributed by atoms with van der Waals surface area (Å²) in [6.45, 7) is 4.69. The Balaban J connectivity index is 1.79. The monoisotopic (exact) mass is 364 g/mol. The normalized spacial score (nSPS) is 16.8. The number of carbonyl (C=O) groups is 1. The molecular weight excluding hydrogens is 344 g/mol. The molecule has 4 rings (SSSR count). The second-order valence-electron chi connectivity index (χ2n) is 6.47. The van der Waals surface area contributed by atoms with E-state index in [0.717, 1.165) is 22.6 Å². The highest BCUT2D eigenvalue weighted by Gasteiger charge is 2.30. The maximum Gasteiger partial charge on any atom is 0.264 e. The van der Waals surface area contributed by atoms with Crippen LogP contribution in [0.25, 0.3) is 11.3 Å². The number of thioether (sulfide) groups is 1. The molecule has 0 aliphatic carbocycles. The number of aromatic nitrogens is 1. The second-order valence-corrected chi connectivity index (χ2v) is 7.95. The van der Waals surface area contributed by atoms with E-state index in [-0.39, 0.29) is 5.91 Å². The van der Waals surface area contributed by atoms with E-state index in [4.69, 9.17) is 4.52 Å². The van der Waals surface area contributed by atoms with E-state index in [2.05, 4.69) is 18.1 Å². The lowest BCUT2D eigenvalue weighted by Gasteiger charge is -2.22. The van der Waals surface area contributed by atoms with Crippen LogP contribution in [0, 0.1) is 6.92 Å². The van der Waals surface area contributed by atoms with E-state index in [1.165, 1.54) is 0 Å². The van der Waals surface area contributed by atoms with E-state index in [0.29, 0.717) is 28.8 Å². The van der Waals surface area contributed by atoms with Gasteiger partial charge in [0.25, 0.3) is 5.91 Å². The van der Waals surface area contributed by atoms with Crippen LogP contribution < -0.4 is 4.90 Å². The van der Waals surface area contributed by atoms with Gasteiger partial charge in [-0.15, -0.1) is 11.8 Å². The van der Waals surface area contributed by atoms with Crippen LogP contribution in [0.3, 0.4) is 0 Å². The van der Waals surface area contributed by atoms with Gasteiger partial charge in [0.2, 0.25) is 0 Å². The van der Waals surface area contributed by atoms with Crippen molar-refractivity contribution in [2.45, 2.75) is 30.4 Å².